The van der Waals surface area contributed by atoms with Gasteiger partial charge in [0, 0.05) is 17.1 Å². The van der Waals surface area contributed by atoms with E-state index in [0.29, 0.717) is 16.6 Å². The Morgan fingerprint density at radius 3 is 2.05 bits per heavy atom. The van der Waals surface area contributed by atoms with Gasteiger partial charge in [-0.3, -0.25) is 13.9 Å². The molecule has 2 amide bonds. The quantitative estimate of drug-likeness (QED) is 0.305. The molecule has 0 spiro atoms. The van der Waals surface area contributed by atoms with Crippen molar-refractivity contribution in [2.75, 3.05) is 10.8 Å². The maximum absolute atomic E-state index is 14.0. The molecular formula is C30H36BrN3O4S. The van der Waals surface area contributed by atoms with Crippen molar-refractivity contribution in [2.45, 2.75) is 64.6 Å². The Balaban J connectivity index is 2.06. The summed E-state index contributed by atoms with van der Waals surface area (Å²) < 4.78 is 29.6. The summed E-state index contributed by atoms with van der Waals surface area (Å²) in [6.45, 7) is 9.12. The molecule has 3 rings (SSSR count). The number of halogens is 1. The molecule has 0 aliphatic rings. The molecule has 0 aromatic heterocycles. The van der Waals surface area contributed by atoms with Crippen LogP contribution in [-0.2, 0) is 26.2 Å². The minimum Gasteiger partial charge on any atom is -0.352 e. The van der Waals surface area contributed by atoms with Gasteiger partial charge in [0.15, 0.2) is 0 Å². The molecule has 208 valence electrons. The Morgan fingerprint density at radius 2 is 1.51 bits per heavy atom. The van der Waals surface area contributed by atoms with Crippen LogP contribution in [-0.4, -0.2) is 43.8 Å². The SMILES string of the molecule is CC[C@@H](C(=O)NC(C)C)N(Cc1ccc(C)cc1)C(=O)CN(c1cccc(Br)c1)S(=O)(=O)c1ccc(C)cc1. The zero-order valence-corrected chi connectivity index (χ0v) is 25.4. The van der Waals surface area contributed by atoms with Crippen LogP contribution in [0.2, 0.25) is 0 Å². The number of aryl methyl sites for hydroxylation is 2. The topological polar surface area (TPSA) is 86.8 Å². The van der Waals surface area contributed by atoms with E-state index in [2.05, 4.69) is 21.2 Å². The van der Waals surface area contributed by atoms with Gasteiger partial charge in [0.1, 0.15) is 12.6 Å². The van der Waals surface area contributed by atoms with E-state index in [0.717, 1.165) is 21.0 Å². The van der Waals surface area contributed by atoms with Crippen molar-refractivity contribution in [3.63, 3.8) is 0 Å². The number of amides is 2. The van der Waals surface area contributed by atoms with Crippen molar-refractivity contribution >= 4 is 43.5 Å². The van der Waals surface area contributed by atoms with Crippen LogP contribution in [0.15, 0.2) is 82.2 Å². The summed E-state index contributed by atoms with van der Waals surface area (Å²) in [4.78, 5) is 28.8. The van der Waals surface area contributed by atoms with Gasteiger partial charge in [0.25, 0.3) is 10.0 Å². The second kappa shape index (κ2) is 13.3. The summed E-state index contributed by atoms with van der Waals surface area (Å²) in [7, 11) is -4.10. The average molecular weight is 615 g/mol. The fraction of sp³-hybridized carbons (Fsp3) is 0.333. The van der Waals surface area contributed by atoms with Gasteiger partial charge >= 0.3 is 0 Å². The van der Waals surface area contributed by atoms with Crippen LogP contribution >= 0.6 is 15.9 Å². The molecule has 0 saturated heterocycles. The molecule has 0 saturated carbocycles. The first-order valence-electron chi connectivity index (χ1n) is 12.9. The van der Waals surface area contributed by atoms with E-state index in [1.165, 1.54) is 17.0 Å². The summed E-state index contributed by atoms with van der Waals surface area (Å²) in [5, 5.41) is 2.91. The third-order valence-electron chi connectivity index (χ3n) is 6.27. The van der Waals surface area contributed by atoms with Gasteiger partial charge in [-0.05, 0) is 70.0 Å². The predicted molar refractivity (Wildman–Crippen MR) is 159 cm³/mol. The molecule has 1 atom stereocenters. The largest absolute Gasteiger partial charge is 0.352 e. The number of carbonyl (C=O) groups excluding carboxylic acids is 2. The number of hydrogen-bond donors (Lipinski definition) is 1. The molecule has 7 nitrogen and oxygen atoms in total. The standard InChI is InChI=1S/C30H36BrN3O4S/c1-6-28(30(36)32-21(2)3)33(19-24-14-10-22(4)11-15-24)29(35)20-34(26-9-7-8-25(31)18-26)39(37,38)27-16-12-23(5)13-17-27/h7-18,21,28H,6,19-20H2,1-5H3,(H,32,36)/t28-/m0/s1. The van der Waals surface area contributed by atoms with Gasteiger partial charge < -0.3 is 10.2 Å². The first kappa shape index (κ1) is 30.4. The number of sulfonamides is 1. The number of benzene rings is 3. The number of anilines is 1. The van der Waals surface area contributed by atoms with Crippen molar-refractivity contribution in [3.8, 4) is 0 Å². The molecule has 0 heterocycles. The van der Waals surface area contributed by atoms with Crippen molar-refractivity contribution in [1.82, 2.24) is 10.2 Å². The van der Waals surface area contributed by atoms with Crippen LogP contribution in [0.3, 0.4) is 0 Å². The highest BCUT2D eigenvalue weighted by Crippen LogP contribution is 2.27. The second-order valence-corrected chi connectivity index (χ2v) is 12.7. The molecule has 0 fully saturated rings. The highest BCUT2D eigenvalue weighted by atomic mass is 79.9. The maximum Gasteiger partial charge on any atom is 0.264 e. The minimum atomic E-state index is -4.10. The van der Waals surface area contributed by atoms with Crippen LogP contribution in [0.25, 0.3) is 0 Å². The van der Waals surface area contributed by atoms with E-state index in [-0.39, 0.29) is 23.4 Å². The molecule has 3 aromatic rings. The second-order valence-electron chi connectivity index (χ2n) is 9.90. The van der Waals surface area contributed by atoms with E-state index in [1.54, 1.807) is 36.4 Å². The molecule has 0 aliphatic heterocycles. The van der Waals surface area contributed by atoms with E-state index in [1.807, 2.05) is 58.9 Å². The van der Waals surface area contributed by atoms with E-state index >= 15 is 0 Å². The zero-order chi connectivity index (χ0) is 28.7. The van der Waals surface area contributed by atoms with Gasteiger partial charge in [0.2, 0.25) is 11.8 Å². The third kappa shape index (κ3) is 7.92. The summed E-state index contributed by atoms with van der Waals surface area (Å²) in [6, 6.07) is 20.2. The van der Waals surface area contributed by atoms with E-state index in [9.17, 15) is 18.0 Å². The summed E-state index contributed by atoms with van der Waals surface area (Å²) >= 11 is 3.41. The lowest BCUT2D eigenvalue weighted by Gasteiger charge is -2.33. The number of nitrogens with one attached hydrogen (secondary N) is 1. The highest BCUT2D eigenvalue weighted by Gasteiger charge is 2.33. The van der Waals surface area contributed by atoms with Gasteiger partial charge in [-0.25, -0.2) is 8.42 Å². The molecule has 0 bridgehead atoms. The van der Waals surface area contributed by atoms with Gasteiger partial charge in [-0.1, -0.05) is 76.4 Å². The number of hydrogen-bond acceptors (Lipinski definition) is 4. The van der Waals surface area contributed by atoms with Crippen LogP contribution in [0.4, 0.5) is 5.69 Å². The van der Waals surface area contributed by atoms with Gasteiger partial charge in [-0.15, -0.1) is 0 Å². The highest BCUT2D eigenvalue weighted by molar-refractivity contribution is 9.10. The first-order chi connectivity index (χ1) is 18.4. The van der Waals surface area contributed by atoms with Gasteiger partial charge in [-0.2, -0.15) is 0 Å². The van der Waals surface area contributed by atoms with Crippen LogP contribution < -0.4 is 9.62 Å². The van der Waals surface area contributed by atoms with Crippen molar-refractivity contribution in [3.05, 3.63) is 94.0 Å². The molecule has 39 heavy (non-hydrogen) atoms. The van der Waals surface area contributed by atoms with Gasteiger partial charge in [0.05, 0.1) is 10.6 Å². The fourth-order valence-electron chi connectivity index (χ4n) is 4.19. The molecule has 0 unspecified atom stereocenters. The Morgan fingerprint density at radius 1 is 0.923 bits per heavy atom. The summed E-state index contributed by atoms with van der Waals surface area (Å²) in [6.07, 6.45) is 0.373. The fourth-order valence-corrected chi connectivity index (χ4v) is 5.98. The molecular weight excluding hydrogens is 578 g/mol. The molecule has 3 aromatic carbocycles. The van der Waals surface area contributed by atoms with Crippen molar-refractivity contribution in [1.29, 1.82) is 0 Å². The Bertz CT molecular complexity index is 1390. The number of nitrogens with zero attached hydrogens (tertiary/aromatic N) is 2. The summed E-state index contributed by atoms with van der Waals surface area (Å²) in [5.74, 6) is -0.750. The lowest BCUT2D eigenvalue weighted by molar-refractivity contribution is -0.140. The Hall–Kier alpha value is -3.17. The molecule has 0 aliphatic carbocycles. The first-order valence-corrected chi connectivity index (χ1v) is 15.2. The van der Waals surface area contributed by atoms with Crippen LogP contribution in [0.5, 0.6) is 0 Å². The smallest absolute Gasteiger partial charge is 0.264 e. The Labute approximate surface area is 240 Å². The average Bonchev–Trinajstić information content (AvgIpc) is 2.88. The Kier molecular flexibility index (Phi) is 10.3. The zero-order valence-electron chi connectivity index (χ0n) is 23.0. The number of rotatable bonds is 11. The van der Waals surface area contributed by atoms with E-state index in [4.69, 9.17) is 0 Å². The maximum atomic E-state index is 14.0. The minimum absolute atomic E-state index is 0.0792. The monoisotopic (exact) mass is 613 g/mol. The van der Waals surface area contributed by atoms with E-state index < -0.39 is 28.5 Å². The lowest BCUT2D eigenvalue weighted by atomic mass is 10.1. The molecule has 1 N–H and O–H groups in total. The van der Waals surface area contributed by atoms with Crippen LogP contribution in [0.1, 0.15) is 43.9 Å². The van der Waals surface area contributed by atoms with Crippen molar-refractivity contribution in [2.24, 2.45) is 0 Å². The van der Waals surface area contributed by atoms with Crippen LogP contribution in [0, 0.1) is 13.8 Å². The van der Waals surface area contributed by atoms with Crippen molar-refractivity contribution < 1.29 is 18.0 Å². The summed E-state index contributed by atoms with van der Waals surface area (Å²) in [5.41, 5.74) is 3.19. The molecule has 9 heteroatoms. The number of carbonyl (C=O) groups is 2. The molecule has 0 radical (unpaired) electrons. The normalized spacial score (nSPS) is 12.2. The predicted octanol–water partition coefficient (Wildman–Crippen LogP) is 5.59. The third-order valence-corrected chi connectivity index (χ3v) is 8.56. The lowest BCUT2D eigenvalue weighted by Crippen LogP contribution is -2.53.